The van der Waals surface area contributed by atoms with Gasteiger partial charge in [0.1, 0.15) is 5.56 Å². The first-order valence-corrected chi connectivity index (χ1v) is 7.27. The highest BCUT2D eigenvalue weighted by molar-refractivity contribution is 6.15. The smallest absolute Gasteiger partial charge is 0.282 e. The molecule has 124 valence electrons. The van der Waals surface area contributed by atoms with Crippen LogP contribution in [0.5, 0.6) is 0 Å². The van der Waals surface area contributed by atoms with Gasteiger partial charge < -0.3 is 15.2 Å². The Morgan fingerprint density at radius 1 is 0.920 bits per heavy atom. The van der Waals surface area contributed by atoms with Crippen molar-refractivity contribution in [2.24, 2.45) is 0 Å². The molecular formula is C18H11N2O5-. The Kier molecular flexibility index (Phi) is 4.13. The van der Waals surface area contributed by atoms with E-state index in [-0.39, 0.29) is 0 Å². The number of nitrogens with one attached hydrogen (secondary N) is 1. The second-order valence-electron chi connectivity index (χ2n) is 5.23. The lowest BCUT2D eigenvalue weighted by atomic mass is 10.0. The molecule has 3 aromatic carbocycles. The summed E-state index contributed by atoms with van der Waals surface area (Å²) >= 11 is 0. The number of hydrogen-bond acceptors (Lipinski definition) is 5. The van der Waals surface area contributed by atoms with Gasteiger partial charge in [0.05, 0.1) is 10.9 Å². The van der Waals surface area contributed by atoms with E-state index in [1.807, 2.05) is 18.2 Å². The van der Waals surface area contributed by atoms with Crippen molar-refractivity contribution in [2.45, 2.75) is 0 Å². The summed E-state index contributed by atoms with van der Waals surface area (Å²) in [6, 6.07) is 15.8. The van der Waals surface area contributed by atoms with Crippen molar-refractivity contribution in [1.29, 1.82) is 0 Å². The fourth-order valence-electron chi connectivity index (χ4n) is 2.62. The van der Waals surface area contributed by atoms with Crippen molar-refractivity contribution >= 4 is 34.0 Å². The van der Waals surface area contributed by atoms with Crippen molar-refractivity contribution < 1.29 is 19.6 Å². The third-order valence-electron chi connectivity index (χ3n) is 3.72. The van der Waals surface area contributed by atoms with E-state index >= 15 is 0 Å². The number of amides is 1. The Balaban J connectivity index is 2.10. The molecule has 7 nitrogen and oxygen atoms in total. The molecule has 0 atom stereocenters. The van der Waals surface area contributed by atoms with E-state index in [9.17, 15) is 24.8 Å². The summed E-state index contributed by atoms with van der Waals surface area (Å²) in [4.78, 5) is 34.2. The van der Waals surface area contributed by atoms with Gasteiger partial charge in [0.2, 0.25) is 0 Å². The number of nitrogens with zero attached hydrogens (tertiary/aromatic N) is 1. The zero-order valence-corrected chi connectivity index (χ0v) is 12.8. The van der Waals surface area contributed by atoms with Crippen LogP contribution in [-0.2, 0) is 0 Å². The van der Waals surface area contributed by atoms with Gasteiger partial charge in [0.15, 0.2) is 0 Å². The van der Waals surface area contributed by atoms with Crippen molar-refractivity contribution in [3.8, 4) is 0 Å². The summed E-state index contributed by atoms with van der Waals surface area (Å²) in [5.74, 6) is -2.55. The summed E-state index contributed by atoms with van der Waals surface area (Å²) in [6.07, 6.45) is 0. The third-order valence-corrected chi connectivity index (χ3v) is 3.72. The quantitative estimate of drug-likeness (QED) is 0.581. The highest BCUT2D eigenvalue weighted by Gasteiger charge is 2.24. The molecule has 0 heterocycles. The molecule has 0 aliphatic heterocycles. The van der Waals surface area contributed by atoms with Crippen LogP contribution in [0.1, 0.15) is 20.7 Å². The summed E-state index contributed by atoms with van der Waals surface area (Å²) in [6.45, 7) is 0. The highest BCUT2D eigenvalue weighted by atomic mass is 16.6. The average molecular weight is 335 g/mol. The lowest BCUT2D eigenvalue weighted by Crippen LogP contribution is -2.27. The predicted octanol–water partition coefficient (Wildman–Crippen LogP) is 2.36. The van der Waals surface area contributed by atoms with Crippen LogP contribution in [0.25, 0.3) is 10.8 Å². The molecule has 0 unspecified atom stereocenters. The van der Waals surface area contributed by atoms with Gasteiger partial charge in [-0.1, -0.05) is 48.5 Å². The van der Waals surface area contributed by atoms with E-state index in [0.29, 0.717) is 5.69 Å². The van der Waals surface area contributed by atoms with Gasteiger partial charge in [-0.25, -0.2) is 0 Å². The molecule has 1 N–H and O–H groups in total. The van der Waals surface area contributed by atoms with E-state index in [1.54, 1.807) is 24.3 Å². The topological polar surface area (TPSA) is 112 Å². The maximum Gasteiger partial charge on any atom is 0.282 e. The minimum atomic E-state index is -1.66. The number of anilines is 1. The number of aromatic carboxylic acids is 1. The molecule has 1 amide bonds. The first-order valence-electron chi connectivity index (χ1n) is 7.27. The zero-order chi connectivity index (χ0) is 18.0. The number of benzene rings is 3. The fraction of sp³-hybridized carbons (Fsp3) is 0. The number of carboxylic acid groups (broad SMARTS) is 1. The molecule has 3 rings (SSSR count). The van der Waals surface area contributed by atoms with E-state index in [0.717, 1.165) is 22.9 Å². The van der Waals surface area contributed by atoms with Gasteiger partial charge in [0, 0.05) is 22.7 Å². The number of carbonyl (C=O) groups excluding carboxylic acids is 2. The van der Waals surface area contributed by atoms with Gasteiger partial charge in [-0.05, 0) is 11.5 Å². The maximum atomic E-state index is 12.6. The van der Waals surface area contributed by atoms with Crippen LogP contribution in [0.3, 0.4) is 0 Å². The molecule has 25 heavy (non-hydrogen) atoms. The molecule has 0 aromatic heterocycles. The molecule has 0 fully saturated rings. The Labute approximate surface area is 141 Å². The first-order chi connectivity index (χ1) is 12.0. The molecule has 0 spiro atoms. The van der Waals surface area contributed by atoms with E-state index in [4.69, 9.17) is 0 Å². The van der Waals surface area contributed by atoms with E-state index in [2.05, 4.69) is 5.32 Å². The van der Waals surface area contributed by atoms with Crippen molar-refractivity contribution in [1.82, 2.24) is 0 Å². The monoisotopic (exact) mass is 335 g/mol. The van der Waals surface area contributed by atoms with E-state index in [1.165, 1.54) is 6.07 Å². The molecule has 0 aliphatic rings. The molecule has 0 saturated carbocycles. The molecule has 3 aromatic rings. The minimum Gasteiger partial charge on any atom is -0.545 e. The summed E-state index contributed by atoms with van der Waals surface area (Å²) in [7, 11) is 0. The number of nitro benzene ring substituents is 1. The molecule has 0 bridgehead atoms. The molecule has 0 saturated heterocycles. The lowest BCUT2D eigenvalue weighted by Gasteiger charge is -2.12. The number of hydrogen-bond donors (Lipinski definition) is 1. The third kappa shape index (κ3) is 3.02. The van der Waals surface area contributed by atoms with Gasteiger partial charge in [-0.15, -0.1) is 0 Å². The number of carbonyl (C=O) groups is 2. The van der Waals surface area contributed by atoms with Crippen LogP contribution >= 0.6 is 0 Å². The normalized spacial score (nSPS) is 10.4. The van der Waals surface area contributed by atoms with Crippen LogP contribution in [0.4, 0.5) is 11.4 Å². The first kappa shape index (κ1) is 16.1. The second kappa shape index (κ2) is 6.40. The Morgan fingerprint density at radius 3 is 2.32 bits per heavy atom. The molecule has 0 radical (unpaired) electrons. The zero-order valence-electron chi connectivity index (χ0n) is 12.8. The Morgan fingerprint density at radius 2 is 1.60 bits per heavy atom. The minimum absolute atomic E-state index is 0.422. The van der Waals surface area contributed by atoms with Crippen LogP contribution < -0.4 is 10.4 Å². The largest absolute Gasteiger partial charge is 0.545 e. The lowest BCUT2D eigenvalue weighted by molar-refractivity contribution is -0.385. The van der Waals surface area contributed by atoms with Crippen molar-refractivity contribution in [2.75, 3.05) is 5.32 Å². The SMILES string of the molecule is O=C([O-])c1cccc([N+](=O)[O-])c1C(=O)Nc1cccc2ccccc12. The summed E-state index contributed by atoms with van der Waals surface area (Å²) in [5, 5.41) is 26.6. The molecular weight excluding hydrogens is 324 g/mol. The molecule has 0 aliphatic carbocycles. The summed E-state index contributed by atoms with van der Waals surface area (Å²) < 4.78 is 0. The van der Waals surface area contributed by atoms with Crippen LogP contribution in [0, 0.1) is 10.1 Å². The van der Waals surface area contributed by atoms with Gasteiger partial charge >= 0.3 is 0 Å². The van der Waals surface area contributed by atoms with Crippen LogP contribution in [0.2, 0.25) is 0 Å². The van der Waals surface area contributed by atoms with Crippen LogP contribution in [0.15, 0.2) is 60.7 Å². The van der Waals surface area contributed by atoms with Gasteiger partial charge in [-0.2, -0.15) is 0 Å². The van der Waals surface area contributed by atoms with Crippen molar-refractivity contribution in [3.05, 3.63) is 81.9 Å². The fourth-order valence-corrected chi connectivity index (χ4v) is 2.62. The Bertz CT molecular complexity index is 976. The average Bonchev–Trinajstić information content (AvgIpc) is 2.61. The van der Waals surface area contributed by atoms with Gasteiger partial charge in [0.25, 0.3) is 11.6 Å². The number of nitro groups is 1. The second-order valence-corrected chi connectivity index (χ2v) is 5.23. The van der Waals surface area contributed by atoms with Crippen LogP contribution in [-0.4, -0.2) is 16.8 Å². The van der Waals surface area contributed by atoms with Gasteiger partial charge in [-0.3, -0.25) is 14.9 Å². The number of carboxylic acids is 1. The van der Waals surface area contributed by atoms with Crippen molar-refractivity contribution in [3.63, 3.8) is 0 Å². The number of rotatable bonds is 4. The predicted molar refractivity (Wildman–Crippen MR) is 89.3 cm³/mol. The number of fused-ring (bicyclic) bond motifs is 1. The highest BCUT2D eigenvalue weighted by Crippen LogP contribution is 2.27. The molecule has 7 heteroatoms. The maximum absolute atomic E-state index is 12.6. The Hall–Kier alpha value is -3.74. The standard InChI is InChI=1S/C18H12N2O5/c21-17(16-13(18(22)23)8-4-10-15(16)20(24)25)19-14-9-3-6-11-5-1-2-7-12(11)14/h1-10H,(H,19,21)(H,22,23)/p-1. The summed E-state index contributed by atoms with van der Waals surface area (Å²) in [5.41, 5.74) is -1.25. The van der Waals surface area contributed by atoms with E-state index < -0.39 is 33.6 Å².